The Kier molecular flexibility index (Phi) is 5.81. The second-order valence-electron chi connectivity index (χ2n) is 5.64. The number of rotatable bonds is 8. The van der Waals surface area contributed by atoms with Crippen LogP contribution in [0.25, 0.3) is 0 Å². The topological polar surface area (TPSA) is 54.0 Å². The number of esters is 1. The molecule has 2 heterocycles. The third-order valence-corrected chi connectivity index (χ3v) is 4.00. The van der Waals surface area contributed by atoms with E-state index in [0.29, 0.717) is 6.61 Å². The molecule has 1 unspecified atom stereocenters. The number of carbonyl (C=O) groups excluding carboxylic acids is 1. The summed E-state index contributed by atoms with van der Waals surface area (Å²) in [6, 6.07) is 0. The van der Waals surface area contributed by atoms with Crippen molar-refractivity contribution < 1.29 is 24.0 Å². The minimum atomic E-state index is -0.566. The Balaban J connectivity index is 1.77. The zero-order valence-corrected chi connectivity index (χ0v) is 12.6. The largest absolute Gasteiger partial charge is 0.466 e. The van der Waals surface area contributed by atoms with Crippen LogP contribution in [0, 0.1) is 0 Å². The van der Waals surface area contributed by atoms with Crippen LogP contribution in [-0.4, -0.2) is 30.6 Å². The predicted octanol–water partition coefficient (Wildman–Crippen LogP) is 3.12. The zero-order valence-electron chi connectivity index (χ0n) is 12.6. The molecule has 0 radical (unpaired) electrons. The highest BCUT2D eigenvalue weighted by atomic mass is 17.2. The van der Waals surface area contributed by atoms with Crippen LogP contribution in [0.4, 0.5) is 0 Å². The van der Waals surface area contributed by atoms with Crippen molar-refractivity contribution in [1.29, 1.82) is 0 Å². The highest BCUT2D eigenvalue weighted by Crippen LogP contribution is 2.42. The van der Waals surface area contributed by atoms with Crippen molar-refractivity contribution >= 4 is 5.97 Å². The van der Waals surface area contributed by atoms with Crippen LogP contribution in [0.5, 0.6) is 0 Å². The minimum absolute atomic E-state index is 0.0423. The first-order valence-electron chi connectivity index (χ1n) is 7.87. The van der Waals surface area contributed by atoms with Gasteiger partial charge in [0.25, 0.3) is 0 Å². The van der Waals surface area contributed by atoms with E-state index in [1.807, 2.05) is 0 Å². The van der Waals surface area contributed by atoms with Gasteiger partial charge in [-0.05, 0) is 19.8 Å². The summed E-state index contributed by atoms with van der Waals surface area (Å²) >= 11 is 0. The van der Waals surface area contributed by atoms with Crippen LogP contribution in [0.3, 0.4) is 0 Å². The standard InChI is InChI=1S/C15H26O5/c1-3-5-6-7-9-15-10-8-12(18-15)13(19-20-15)11-14(16)17-4-2/h12-13H,3-11H2,1-2H3/t12-,13?,15-/m0/s1. The van der Waals surface area contributed by atoms with Crippen LogP contribution in [0.1, 0.15) is 65.2 Å². The van der Waals surface area contributed by atoms with Gasteiger partial charge in [-0.25, -0.2) is 9.78 Å². The molecule has 0 aromatic heterocycles. The summed E-state index contributed by atoms with van der Waals surface area (Å²) in [5.74, 6) is -0.823. The van der Waals surface area contributed by atoms with Crippen LogP contribution in [0.15, 0.2) is 0 Å². The Hall–Kier alpha value is -0.650. The highest BCUT2D eigenvalue weighted by molar-refractivity contribution is 5.70. The molecule has 0 saturated carbocycles. The summed E-state index contributed by atoms with van der Waals surface area (Å²) in [7, 11) is 0. The summed E-state index contributed by atoms with van der Waals surface area (Å²) in [5.41, 5.74) is 0. The molecule has 0 spiro atoms. The molecule has 116 valence electrons. The van der Waals surface area contributed by atoms with Gasteiger partial charge in [-0.15, -0.1) is 0 Å². The molecule has 0 aromatic rings. The van der Waals surface area contributed by atoms with E-state index in [1.165, 1.54) is 19.3 Å². The molecule has 2 aliphatic heterocycles. The van der Waals surface area contributed by atoms with E-state index in [9.17, 15) is 4.79 Å². The number of fused-ring (bicyclic) bond motifs is 2. The molecule has 0 amide bonds. The van der Waals surface area contributed by atoms with E-state index in [1.54, 1.807) is 6.92 Å². The lowest BCUT2D eigenvalue weighted by atomic mass is 10.0. The van der Waals surface area contributed by atoms with Crippen molar-refractivity contribution in [3.63, 3.8) is 0 Å². The van der Waals surface area contributed by atoms with Crippen molar-refractivity contribution in [3.8, 4) is 0 Å². The van der Waals surface area contributed by atoms with Crippen molar-refractivity contribution in [1.82, 2.24) is 0 Å². The van der Waals surface area contributed by atoms with Gasteiger partial charge in [0.1, 0.15) is 6.10 Å². The second-order valence-corrected chi connectivity index (χ2v) is 5.64. The smallest absolute Gasteiger partial charge is 0.308 e. The lowest BCUT2D eigenvalue weighted by Crippen LogP contribution is -2.44. The van der Waals surface area contributed by atoms with Crippen molar-refractivity contribution in [2.24, 2.45) is 0 Å². The Labute approximate surface area is 120 Å². The molecular weight excluding hydrogens is 260 g/mol. The van der Waals surface area contributed by atoms with Gasteiger partial charge in [-0.3, -0.25) is 4.79 Å². The molecule has 2 saturated heterocycles. The van der Waals surface area contributed by atoms with Gasteiger partial charge in [0.05, 0.1) is 19.1 Å². The second kappa shape index (κ2) is 7.38. The van der Waals surface area contributed by atoms with Gasteiger partial charge in [-0.1, -0.05) is 26.2 Å². The normalized spacial score (nSPS) is 32.3. The molecule has 5 nitrogen and oxygen atoms in total. The van der Waals surface area contributed by atoms with Gasteiger partial charge in [0.2, 0.25) is 5.79 Å². The molecule has 2 rings (SSSR count). The molecule has 0 aromatic carbocycles. The lowest BCUT2D eigenvalue weighted by Gasteiger charge is -2.36. The lowest BCUT2D eigenvalue weighted by molar-refractivity contribution is -0.485. The first kappa shape index (κ1) is 15.7. The molecule has 3 atom stereocenters. The van der Waals surface area contributed by atoms with Crippen LogP contribution in [0.2, 0.25) is 0 Å². The SMILES string of the molecule is CCCCCC[C@]12CC[C@H](O1)C(CC(=O)OCC)OO2. The zero-order chi connectivity index (χ0) is 14.4. The van der Waals surface area contributed by atoms with E-state index < -0.39 is 5.79 Å². The van der Waals surface area contributed by atoms with Gasteiger partial charge in [0.15, 0.2) is 0 Å². The summed E-state index contributed by atoms with van der Waals surface area (Å²) < 4.78 is 10.9. The molecule has 2 bridgehead atoms. The Morgan fingerprint density at radius 2 is 2.15 bits per heavy atom. The molecule has 2 fully saturated rings. The molecule has 5 heteroatoms. The van der Waals surface area contributed by atoms with Crippen LogP contribution in [-0.2, 0) is 24.0 Å². The Bertz CT molecular complexity index is 319. The average molecular weight is 286 g/mol. The first-order chi connectivity index (χ1) is 9.69. The quantitative estimate of drug-likeness (QED) is 0.390. The van der Waals surface area contributed by atoms with Crippen LogP contribution < -0.4 is 0 Å². The number of hydrogen-bond donors (Lipinski definition) is 0. The maximum Gasteiger partial charge on any atom is 0.308 e. The van der Waals surface area contributed by atoms with E-state index >= 15 is 0 Å². The monoisotopic (exact) mass is 286 g/mol. The number of unbranched alkanes of at least 4 members (excludes halogenated alkanes) is 3. The Morgan fingerprint density at radius 1 is 1.30 bits per heavy atom. The van der Waals surface area contributed by atoms with E-state index in [0.717, 1.165) is 25.7 Å². The van der Waals surface area contributed by atoms with Gasteiger partial charge >= 0.3 is 5.97 Å². The van der Waals surface area contributed by atoms with Crippen molar-refractivity contribution in [3.05, 3.63) is 0 Å². The fourth-order valence-corrected chi connectivity index (χ4v) is 2.89. The van der Waals surface area contributed by atoms with Crippen molar-refractivity contribution in [2.45, 2.75) is 83.2 Å². The molecule has 0 N–H and O–H groups in total. The van der Waals surface area contributed by atoms with Gasteiger partial charge < -0.3 is 9.47 Å². The van der Waals surface area contributed by atoms with Gasteiger partial charge in [0, 0.05) is 12.8 Å². The molecule has 0 aliphatic carbocycles. The van der Waals surface area contributed by atoms with Crippen molar-refractivity contribution in [2.75, 3.05) is 6.61 Å². The predicted molar refractivity (Wildman–Crippen MR) is 72.8 cm³/mol. The number of carbonyl (C=O) groups is 1. The van der Waals surface area contributed by atoms with Crippen LogP contribution >= 0.6 is 0 Å². The molecular formula is C15H26O5. The van der Waals surface area contributed by atoms with E-state index in [2.05, 4.69) is 6.92 Å². The van der Waals surface area contributed by atoms with Gasteiger partial charge in [-0.2, -0.15) is 0 Å². The fourth-order valence-electron chi connectivity index (χ4n) is 2.89. The minimum Gasteiger partial charge on any atom is -0.466 e. The summed E-state index contributed by atoms with van der Waals surface area (Å²) in [4.78, 5) is 22.4. The number of ether oxygens (including phenoxy) is 2. The first-order valence-corrected chi connectivity index (χ1v) is 7.87. The average Bonchev–Trinajstić information content (AvgIpc) is 2.78. The maximum atomic E-state index is 11.5. The summed E-state index contributed by atoms with van der Waals surface area (Å²) in [6.07, 6.45) is 7.18. The third-order valence-electron chi connectivity index (χ3n) is 4.00. The molecule has 20 heavy (non-hydrogen) atoms. The highest BCUT2D eigenvalue weighted by Gasteiger charge is 2.50. The third kappa shape index (κ3) is 3.93. The van der Waals surface area contributed by atoms with E-state index in [-0.39, 0.29) is 24.6 Å². The molecule has 2 aliphatic rings. The summed E-state index contributed by atoms with van der Waals surface area (Å²) in [5, 5.41) is 0. The maximum absolute atomic E-state index is 11.5. The Morgan fingerprint density at radius 3 is 2.90 bits per heavy atom. The number of hydrogen-bond acceptors (Lipinski definition) is 5. The fraction of sp³-hybridized carbons (Fsp3) is 0.933. The summed E-state index contributed by atoms with van der Waals surface area (Å²) in [6.45, 7) is 4.38. The van der Waals surface area contributed by atoms with E-state index in [4.69, 9.17) is 19.2 Å².